The van der Waals surface area contributed by atoms with Crippen molar-refractivity contribution in [2.24, 2.45) is 4.99 Å². The third kappa shape index (κ3) is 5.71. The SMILES string of the molecule is C=CCN(Cl)C[C@@H]1C[C@H](O)[C@@H](/N=C(\S)N(C)C)CO1. The van der Waals surface area contributed by atoms with Crippen molar-refractivity contribution in [3.8, 4) is 0 Å². The van der Waals surface area contributed by atoms with Crippen molar-refractivity contribution < 1.29 is 9.84 Å². The highest BCUT2D eigenvalue weighted by Gasteiger charge is 2.30. The van der Waals surface area contributed by atoms with Crippen LogP contribution in [0.3, 0.4) is 0 Å². The van der Waals surface area contributed by atoms with Crippen molar-refractivity contribution in [2.75, 3.05) is 33.8 Å². The minimum Gasteiger partial charge on any atom is -0.391 e. The maximum Gasteiger partial charge on any atom is 0.155 e. The Hall–Kier alpha value is -0.270. The van der Waals surface area contributed by atoms with Crippen LogP contribution in [0.25, 0.3) is 0 Å². The number of nitrogens with zero attached hydrogens (tertiary/aromatic N) is 3. The second-order valence-corrected chi connectivity index (χ2v) is 5.64. The molecule has 19 heavy (non-hydrogen) atoms. The molecule has 1 rings (SSSR count). The zero-order valence-electron chi connectivity index (χ0n) is 11.4. The molecule has 1 saturated heterocycles. The lowest BCUT2D eigenvalue weighted by atomic mass is 10.0. The van der Waals surface area contributed by atoms with Crippen LogP contribution in [0.4, 0.5) is 0 Å². The van der Waals surface area contributed by atoms with E-state index in [9.17, 15) is 5.11 Å². The second kappa shape index (κ2) is 8.11. The van der Waals surface area contributed by atoms with Gasteiger partial charge in [0.15, 0.2) is 5.17 Å². The molecule has 0 bridgehead atoms. The van der Waals surface area contributed by atoms with Gasteiger partial charge in [0, 0.05) is 33.6 Å². The maximum absolute atomic E-state index is 10.1. The molecule has 0 spiro atoms. The van der Waals surface area contributed by atoms with Gasteiger partial charge in [0.2, 0.25) is 0 Å². The number of ether oxygens (including phenoxy) is 1. The molecular weight excluding hydrogens is 286 g/mol. The molecule has 7 heteroatoms. The van der Waals surface area contributed by atoms with E-state index in [0.29, 0.717) is 31.3 Å². The second-order valence-electron chi connectivity index (χ2n) is 4.77. The Kier molecular flexibility index (Phi) is 7.17. The average molecular weight is 308 g/mol. The Morgan fingerprint density at radius 1 is 1.63 bits per heavy atom. The summed E-state index contributed by atoms with van der Waals surface area (Å²) in [4.78, 5) is 6.12. The van der Waals surface area contributed by atoms with E-state index >= 15 is 0 Å². The largest absolute Gasteiger partial charge is 0.391 e. The summed E-state index contributed by atoms with van der Waals surface area (Å²) in [6.45, 7) is 5.14. The Morgan fingerprint density at radius 3 is 2.84 bits per heavy atom. The van der Waals surface area contributed by atoms with Gasteiger partial charge in [-0.1, -0.05) is 6.08 Å². The lowest BCUT2D eigenvalue weighted by Crippen LogP contribution is -2.44. The van der Waals surface area contributed by atoms with E-state index in [1.54, 1.807) is 15.4 Å². The highest BCUT2D eigenvalue weighted by Crippen LogP contribution is 2.19. The molecule has 5 nitrogen and oxygen atoms in total. The van der Waals surface area contributed by atoms with E-state index in [1.807, 2.05) is 14.1 Å². The van der Waals surface area contributed by atoms with Gasteiger partial charge < -0.3 is 14.7 Å². The third-order valence-electron chi connectivity index (χ3n) is 2.86. The van der Waals surface area contributed by atoms with Crippen molar-refractivity contribution in [2.45, 2.75) is 24.7 Å². The molecule has 0 aromatic heterocycles. The van der Waals surface area contributed by atoms with Crippen LogP contribution < -0.4 is 0 Å². The zero-order chi connectivity index (χ0) is 14.4. The monoisotopic (exact) mass is 307 g/mol. The summed E-state index contributed by atoms with van der Waals surface area (Å²) in [7, 11) is 3.71. The number of halogens is 1. The third-order valence-corrected chi connectivity index (χ3v) is 3.65. The Balaban J connectivity index is 2.47. The number of hydrogen-bond acceptors (Lipinski definition) is 4. The predicted octanol–water partition coefficient (Wildman–Crippen LogP) is 0.994. The topological polar surface area (TPSA) is 48.3 Å². The molecule has 1 heterocycles. The van der Waals surface area contributed by atoms with Crippen LogP contribution >= 0.6 is 24.4 Å². The van der Waals surface area contributed by atoms with Crippen LogP contribution in [0.15, 0.2) is 17.6 Å². The van der Waals surface area contributed by atoms with Gasteiger partial charge in [0.05, 0.1) is 18.8 Å². The van der Waals surface area contributed by atoms with Gasteiger partial charge in [-0.25, -0.2) is 4.42 Å². The smallest absolute Gasteiger partial charge is 0.155 e. The summed E-state index contributed by atoms with van der Waals surface area (Å²) >= 11 is 10.2. The van der Waals surface area contributed by atoms with Gasteiger partial charge in [0.25, 0.3) is 0 Å². The van der Waals surface area contributed by atoms with Crippen LogP contribution in [0.5, 0.6) is 0 Å². The van der Waals surface area contributed by atoms with Gasteiger partial charge in [-0.15, -0.1) is 19.2 Å². The van der Waals surface area contributed by atoms with Crippen molar-refractivity contribution >= 4 is 29.6 Å². The maximum atomic E-state index is 10.1. The van der Waals surface area contributed by atoms with Crippen LogP contribution in [0.2, 0.25) is 0 Å². The molecule has 1 fully saturated rings. The molecule has 1 aliphatic rings. The summed E-state index contributed by atoms with van der Waals surface area (Å²) in [5.41, 5.74) is 0. The number of thiol groups is 1. The first-order valence-electron chi connectivity index (χ1n) is 6.19. The summed E-state index contributed by atoms with van der Waals surface area (Å²) in [6, 6.07) is -0.269. The molecule has 0 aliphatic carbocycles. The number of amidine groups is 1. The first-order valence-corrected chi connectivity index (χ1v) is 6.98. The Bertz CT molecular complexity index is 328. The van der Waals surface area contributed by atoms with Crippen molar-refractivity contribution in [3.63, 3.8) is 0 Å². The molecule has 1 aliphatic heterocycles. The quantitative estimate of drug-likeness (QED) is 0.261. The number of aliphatic imine (C=N–C) groups is 1. The molecule has 0 amide bonds. The van der Waals surface area contributed by atoms with E-state index in [1.165, 1.54) is 0 Å². The van der Waals surface area contributed by atoms with Crippen molar-refractivity contribution in [3.05, 3.63) is 12.7 Å². The van der Waals surface area contributed by atoms with Crippen LogP contribution in [0.1, 0.15) is 6.42 Å². The summed E-state index contributed by atoms with van der Waals surface area (Å²) in [5, 5.41) is 10.7. The molecule has 0 aromatic rings. The first-order chi connectivity index (χ1) is 8.93. The number of aliphatic hydroxyl groups excluding tert-OH is 1. The fraction of sp³-hybridized carbons (Fsp3) is 0.750. The van der Waals surface area contributed by atoms with Crippen LogP contribution in [-0.2, 0) is 4.74 Å². The molecule has 3 atom stereocenters. The van der Waals surface area contributed by atoms with Crippen LogP contribution in [0, 0.1) is 0 Å². The molecule has 0 aromatic carbocycles. The predicted molar refractivity (Wildman–Crippen MR) is 81.9 cm³/mol. The standard InChI is InChI=1S/C12H22ClN3O2S/c1-4-5-16(13)7-9-6-11(17)10(8-18-9)14-12(19)15(2)3/h4,9-11,17H,1,5-8H2,2-3H3,(H,14,19)/t9-,10-,11-/m0/s1. The first kappa shape index (κ1) is 16.8. The molecule has 0 saturated carbocycles. The number of hydrogen-bond donors (Lipinski definition) is 2. The van der Waals surface area contributed by atoms with Gasteiger partial charge in [-0.2, -0.15) is 0 Å². The fourth-order valence-corrected chi connectivity index (χ4v) is 2.19. The van der Waals surface area contributed by atoms with Crippen molar-refractivity contribution in [1.29, 1.82) is 0 Å². The fourth-order valence-electron chi connectivity index (χ4n) is 1.79. The van der Waals surface area contributed by atoms with Gasteiger partial charge in [-0.05, 0) is 11.8 Å². The number of rotatable bonds is 5. The highest BCUT2D eigenvalue weighted by atomic mass is 35.5. The van der Waals surface area contributed by atoms with Gasteiger partial charge in [0.1, 0.15) is 6.04 Å². The molecular formula is C12H22ClN3O2S. The lowest BCUT2D eigenvalue weighted by molar-refractivity contribution is -0.0601. The molecule has 110 valence electrons. The van der Waals surface area contributed by atoms with E-state index in [0.717, 1.165) is 0 Å². The van der Waals surface area contributed by atoms with Crippen molar-refractivity contribution in [1.82, 2.24) is 9.32 Å². The van der Waals surface area contributed by atoms with E-state index in [4.69, 9.17) is 16.5 Å². The molecule has 1 N–H and O–H groups in total. The van der Waals surface area contributed by atoms with Gasteiger partial charge >= 0.3 is 0 Å². The van der Waals surface area contributed by atoms with E-state index in [2.05, 4.69) is 24.2 Å². The summed E-state index contributed by atoms with van der Waals surface area (Å²) in [6.07, 6.45) is 1.63. The van der Waals surface area contributed by atoms with E-state index < -0.39 is 6.10 Å². The number of aliphatic hydroxyl groups is 1. The Morgan fingerprint density at radius 2 is 2.32 bits per heavy atom. The average Bonchev–Trinajstić information content (AvgIpc) is 2.32. The normalized spacial score (nSPS) is 28.5. The molecule has 0 radical (unpaired) electrons. The lowest BCUT2D eigenvalue weighted by Gasteiger charge is -2.33. The van der Waals surface area contributed by atoms with Crippen LogP contribution in [-0.4, -0.2) is 71.6 Å². The Labute approximate surface area is 125 Å². The summed E-state index contributed by atoms with van der Waals surface area (Å²) < 4.78 is 7.27. The van der Waals surface area contributed by atoms with Gasteiger partial charge in [-0.3, -0.25) is 4.99 Å². The minimum absolute atomic E-state index is 0.0818. The highest BCUT2D eigenvalue weighted by molar-refractivity contribution is 7.96. The zero-order valence-corrected chi connectivity index (χ0v) is 13.0. The summed E-state index contributed by atoms with van der Waals surface area (Å²) in [5.74, 6) is 0. The molecule has 0 unspecified atom stereocenters. The minimum atomic E-state index is -0.533. The van der Waals surface area contributed by atoms with E-state index in [-0.39, 0.29) is 12.1 Å².